The Morgan fingerprint density at radius 2 is 1.65 bits per heavy atom. The molecule has 0 radical (unpaired) electrons. The van der Waals surface area contributed by atoms with Crippen LogP contribution in [0.3, 0.4) is 0 Å². The van der Waals surface area contributed by atoms with Gasteiger partial charge in [0.25, 0.3) is 0 Å². The summed E-state index contributed by atoms with van der Waals surface area (Å²) in [5, 5.41) is 8.54. The standard InChI is InChI=1S/C30H50N4O3/c1-9-12-16-23(15-10-2)28(36)33-26(29(37)31-20-27(35)34-30(6,7)8)19-22(5)32-25-18-14-13-17-24(25)21(4)11-3/h13-14,17-18,21,23,26H,9-12,15-16,19-20H2,1-8H3,(H,31,37)(H,33,36)(H,34,35)/b32-22+/t21?,23-,26?/m0/s1. The summed E-state index contributed by atoms with van der Waals surface area (Å²) in [5.74, 6) is -0.532. The Bertz CT molecular complexity index is 904. The predicted molar refractivity (Wildman–Crippen MR) is 153 cm³/mol. The molecule has 208 valence electrons. The molecule has 0 aliphatic rings. The van der Waals surface area contributed by atoms with Gasteiger partial charge in [-0.1, -0.05) is 65.2 Å². The third-order valence-electron chi connectivity index (χ3n) is 6.38. The molecule has 7 nitrogen and oxygen atoms in total. The van der Waals surface area contributed by atoms with Crippen molar-refractivity contribution >= 4 is 29.1 Å². The van der Waals surface area contributed by atoms with Crippen LogP contribution in [0, 0.1) is 5.92 Å². The Balaban J connectivity index is 3.12. The summed E-state index contributed by atoms with van der Waals surface area (Å²) in [6, 6.07) is 7.23. The number of rotatable bonds is 15. The first-order chi connectivity index (χ1) is 17.4. The van der Waals surface area contributed by atoms with Crippen LogP contribution in [0.4, 0.5) is 5.69 Å². The zero-order valence-corrected chi connectivity index (χ0v) is 24.4. The van der Waals surface area contributed by atoms with Gasteiger partial charge < -0.3 is 16.0 Å². The van der Waals surface area contributed by atoms with E-state index in [-0.39, 0.29) is 36.6 Å². The summed E-state index contributed by atoms with van der Waals surface area (Å²) in [7, 11) is 0. The Labute approximate surface area is 224 Å². The number of carbonyl (C=O) groups is 3. The molecule has 0 fully saturated rings. The number of hydrogen-bond acceptors (Lipinski definition) is 4. The van der Waals surface area contributed by atoms with Crippen molar-refractivity contribution in [2.75, 3.05) is 6.54 Å². The van der Waals surface area contributed by atoms with Gasteiger partial charge in [-0.15, -0.1) is 0 Å². The van der Waals surface area contributed by atoms with Gasteiger partial charge in [-0.3, -0.25) is 19.4 Å². The lowest BCUT2D eigenvalue weighted by molar-refractivity contribution is -0.132. The summed E-state index contributed by atoms with van der Waals surface area (Å²) in [4.78, 5) is 43.5. The van der Waals surface area contributed by atoms with Crippen molar-refractivity contribution in [3.05, 3.63) is 29.8 Å². The third kappa shape index (κ3) is 12.4. The molecular formula is C30H50N4O3. The lowest BCUT2D eigenvalue weighted by atomic mass is 9.95. The molecule has 0 saturated heterocycles. The maximum absolute atomic E-state index is 13.2. The molecule has 0 heterocycles. The molecule has 0 aliphatic carbocycles. The van der Waals surface area contributed by atoms with E-state index in [9.17, 15) is 14.4 Å². The number of aliphatic imine (C=N–C) groups is 1. The molecule has 2 unspecified atom stereocenters. The quantitative estimate of drug-likeness (QED) is 0.258. The largest absolute Gasteiger partial charge is 0.350 e. The van der Waals surface area contributed by atoms with Crippen LogP contribution in [0.15, 0.2) is 29.3 Å². The van der Waals surface area contributed by atoms with Gasteiger partial charge in [0.2, 0.25) is 17.7 Å². The van der Waals surface area contributed by atoms with Crippen LogP contribution in [-0.2, 0) is 14.4 Å². The Kier molecular flexibility index (Phi) is 14.2. The van der Waals surface area contributed by atoms with Crippen LogP contribution in [0.25, 0.3) is 0 Å². The second-order valence-corrected chi connectivity index (χ2v) is 11.1. The summed E-state index contributed by atoms with van der Waals surface area (Å²) >= 11 is 0. The fraction of sp³-hybridized carbons (Fsp3) is 0.667. The van der Waals surface area contributed by atoms with E-state index in [1.54, 1.807) is 0 Å². The van der Waals surface area contributed by atoms with E-state index < -0.39 is 11.6 Å². The molecule has 3 atom stereocenters. The van der Waals surface area contributed by atoms with Crippen LogP contribution in [0.5, 0.6) is 0 Å². The van der Waals surface area contributed by atoms with Gasteiger partial charge in [0.05, 0.1) is 12.2 Å². The zero-order chi connectivity index (χ0) is 28.0. The molecule has 0 aliphatic heterocycles. The smallest absolute Gasteiger partial charge is 0.243 e. The highest BCUT2D eigenvalue weighted by atomic mass is 16.2. The molecule has 7 heteroatoms. The molecule has 3 N–H and O–H groups in total. The molecule has 1 rings (SSSR count). The summed E-state index contributed by atoms with van der Waals surface area (Å²) in [6.45, 7) is 15.9. The zero-order valence-electron chi connectivity index (χ0n) is 24.4. The van der Waals surface area contributed by atoms with Gasteiger partial charge in [-0.25, -0.2) is 0 Å². The first kappa shape index (κ1) is 32.3. The number of unbranched alkanes of at least 4 members (excludes halogenated alkanes) is 1. The minimum absolute atomic E-state index is 0.109. The highest BCUT2D eigenvalue weighted by Crippen LogP contribution is 2.29. The number of benzene rings is 1. The van der Waals surface area contributed by atoms with Crippen LogP contribution in [0.1, 0.15) is 112 Å². The van der Waals surface area contributed by atoms with Crippen molar-refractivity contribution in [2.45, 2.75) is 118 Å². The van der Waals surface area contributed by atoms with E-state index in [2.05, 4.69) is 49.7 Å². The van der Waals surface area contributed by atoms with E-state index in [1.165, 1.54) is 0 Å². The molecule has 1 aromatic rings. The second kappa shape index (κ2) is 16.2. The first-order valence-corrected chi connectivity index (χ1v) is 13.9. The Morgan fingerprint density at radius 1 is 0.973 bits per heavy atom. The number of para-hydroxylation sites is 1. The Hall–Kier alpha value is -2.70. The topological polar surface area (TPSA) is 99.7 Å². The molecule has 37 heavy (non-hydrogen) atoms. The molecule has 0 saturated carbocycles. The average molecular weight is 515 g/mol. The van der Waals surface area contributed by atoms with Gasteiger partial charge >= 0.3 is 0 Å². The fourth-order valence-electron chi connectivity index (χ4n) is 4.23. The summed E-state index contributed by atoms with van der Waals surface area (Å²) in [5.41, 5.74) is 2.40. The van der Waals surface area contributed by atoms with Crippen molar-refractivity contribution < 1.29 is 14.4 Å². The molecule has 0 bridgehead atoms. The fourth-order valence-corrected chi connectivity index (χ4v) is 4.23. The monoisotopic (exact) mass is 514 g/mol. The molecule has 3 amide bonds. The summed E-state index contributed by atoms with van der Waals surface area (Å²) in [6.07, 6.45) is 5.73. The number of carbonyl (C=O) groups excluding carboxylic acids is 3. The normalized spacial score (nSPS) is 14.4. The van der Waals surface area contributed by atoms with Crippen molar-refractivity contribution in [3.63, 3.8) is 0 Å². The Morgan fingerprint density at radius 3 is 2.24 bits per heavy atom. The maximum atomic E-state index is 13.2. The minimum Gasteiger partial charge on any atom is -0.350 e. The molecule has 0 aromatic heterocycles. The van der Waals surface area contributed by atoms with Crippen LogP contribution in [-0.4, -0.2) is 41.6 Å². The van der Waals surface area contributed by atoms with Crippen molar-refractivity contribution in [3.8, 4) is 0 Å². The van der Waals surface area contributed by atoms with Gasteiger partial charge in [0.1, 0.15) is 6.04 Å². The van der Waals surface area contributed by atoms with Crippen LogP contribution >= 0.6 is 0 Å². The summed E-state index contributed by atoms with van der Waals surface area (Å²) < 4.78 is 0. The van der Waals surface area contributed by atoms with E-state index in [1.807, 2.05) is 45.9 Å². The van der Waals surface area contributed by atoms with E-state index >= 15 is 0 Å². The number of nitrogens with one attached hydrogen (secondary N) is 3. The highest BCUT2D eigenvalue weighted by Gasteiger charge is 2.26. The van der Waals surface area contributed by atoms with Gasteiger partial charge in [-0.05, 0) is 64.5 Å². The van der Waals surface area contributed by atoms with Gasteiger partial charge in [0.15, 0.2) is 0 Å². The van der Waals surface area contributed by atoms with Gasteiger partial charge in [-0.2, -0.15) is 0 Å². The number of amides is 3. The minimum atomic E-state index is -0.810. The van der Waals surface area contributed by atoms with Crippen LogP contribution in [0.2, 0.25) is 0 Å². The van der Waals surface area contributed by atoms with E-state index in [4.69, 9.17) is 4.99 Å². The lowest BCUT2D eigenvalue weighted by Crippen LogP contribution is -2.52. The number of nitrogens with zero attached hydrogens (tertiary/aromatic N) is 1. The van der Waals surface area contributed by atoms with Crippen molar-refractivity contribution in [2.24, 2.45) is 10.9 Å². The third-order valence-corrected chi connectivity index (χ3v) is 6.38. The highest BCUT2D eigenvalue weighted by molar-refractivity contribution is 5.96. The second-order valence-electron chi connectivity index (χ2n) is 11.1. The van der Waals surface area contributed by atoms with Crippen molar-refractivity contribution in [1.29, 1.82) is 0 Å². The molecule has 1 aromatic carbocycles. The molecular weight excluding hydrogens is 464 g/mol. The predicted octanol–water partition coefficient (Wildman–Crippen LogP) is 5.80. The van der Waals surface area contributed by atoms with E-state index in [0.717, 1.165) is 55.5 Å². The van der Waals surface area contributed by atoms with E-state index in [0.29, 0.717) is 5.92 Å². The van der Waals surface area contributed by atoms with Crippen molar-refractivity contribution in [1.82, 2.24) is 16.0 Å². The lowest BCUT2D eigenvalue weighted by Gasteiger charge is -2.23. The van der Waals surface area contributed by atoms with Crippen LogP contribution < -0.4 is 16.0 Å². The SMILES string of the molecule is CCCC[C@H](CCC)C(=O)NC(C/C(C)=N/c1ccccc1C(C)CC)C(=O)NCC(=O)NC(C)(C)C. The van der Waals surface area contributed by atoms with Gasteiger partial charge in [0, 0.05) is 23.6 Å². The average Bonchev–Trinajstić information content (AvgIpc) is 2.83. The number of hydrogen-bond donors (Lipinski definition) is 3. The first-order valence-electron chi connectivity index (χ1n) is 13.9. The molecule has 0 spiro atoms. The maximum Gasteiger partial charge on any atom is 0.243 e.